The Kier molecular flexibility index (Phi) is 7.86. The average molecular weight is 417 g/mol. The Morgan fingerprint density at radius 2 is 1.97 bits per heavy atom. The molecule has 0 aliphatic carbocycles. The van der Waals surface area contributed by atoms with Crippen molar-refractivity contribution in [1.82, 2.24) is 14.3 Å². The highest BCUT2D eigenvalue weighted by Gasteiger charge is 2.29. The quantitative estimate of drug-likeness (QED) is 0.618. The number of amides is 1. The highest BCUT2D eigenvalue weighted by molar-refractivity contribution is 7.09. The van der Waals surface area contributed by atoms with Crippen molar-refractivity contribution in [2.75, 3.05) is 38.2 Å². The van der Waals surface area contributed by atoms with Crippen molar-refractivity contribution < 1.29 is 9.53 Å². The monoisotopic (exact) mass is 416 g/mol. The summed E-state index contributed by atoms with van der Waals surface area (Å²) >= 11 is 1.46. The molecule has 7 heteroatoms. The number of anilines is 1. The van der Waals surface area contributed by atoms with E-state index in [2.05, 4.69) is 34.1 Å². The molecule has 0 unspecified atom stereocenters. The van der Waals surface area contributed by atoms with E-state index in [1.54, 1.807) is 7.11 Å². The van der Waals surface area contributed by atoms with E-state index in [4.69, 9.17) is 9.72 Å². The minimum Gasteiger partial charge on any atom is -0.497 e. The number of nitrogens with zero attached hydrogens (tertiary/aromatic N) is 4. The fraction of sp³-hybridized carbons (Fsp3) is 0.591. The Balaban J connectivity index is 1.55. The number of hydrogen-bond acceptors (Lipinski definition) is 6. The highest BCUT2D eigenvalue weighted by Crippen LogP contribution is 2.27. The van der Waals surface area contributed by atoms with Crippen LogP contribution in [-0.4, -0.2) is 53.5 Å². The van der Waals surface area contributed by atoms with E-state index in [1.165, 1.54) is 11.5 Å². The van der Waals surface area contributed by atoms with Crippen molar-refractivity contribution in [1.29, 1.82) is 0 Å². The smallest absolute Gasteiger partial charge is 0.225 e. The Morgan fingerprint density at radius 1 is 1.24 bits per heavy atom. The summed E-state index contributed by atoms with van der Waals surface area (Å²) in [5.41, 5.74) is 1.14. The second kappa shape index (κ2) is 10.6. The van der Waals surface area contributed by atoms with Gasteiger partial charge in [0.25, 0.3) is 0 Å². The van der Waals surface area contributed by atoms with E-state index in [-0.39, 0.29) is 5.92 Å². The van der Waals surface area contributed by atoms with Crippen LogP contribution in [0.4, 0.5) is 5.13 Å². The minimum absolute atomic E-state index is 0.147. The van der Waals surface area contributed by atoms with Gasteiger partial charge in [0.2, 0.25) is 11.0 Å². The van der Waals surface area contributed by atoms with Crippen LogP contribution in [0.25, 0.3) is 0 Å². The lowest BCUT2D eigenvalue weighted by Gasteiger charge is -2.33. The molecule has 0 atom stereocenters. The molecule has 0 radical (unpaired) electrons. The van der Waals surface area contributed by atoms with Crippen LogP contribution < -0.4 is 9.64 Å². The molecule has 1 aromatic carbocycles. The lowest BCUT2D eigenvalue weighted by atomic mass is 9.95. The first-order valence-corrected chi connectivity index (χ1v) is 11.4. The summed E-state index contributed by atoms with van der Waals surface area (Å²) in [6.07, 6.45) is 4.53. The SMILES string of the molecule is CCCN(CCC)C(=O)C1CCN(c2nc(Cc3cccc(OC)c3)ns2)CC1. The Hall–Kier alpha value is -2.15. The third kappa shape index (κ3) is 5.69. The molecule has 1 aliphatic heterocycles. The maximum atomic E-state index is 12.9. The van der Waals surface area contributed by atoms with E-state index in [9.17, 15) is 4.79 Å². The van der Waals surface area contributed by atoms with Gasteiger partial charge in [0.15, 0.2) is 0 Å². The third-order valence-electron chi connectivity index (χ3n) is 5.37. The first-order valence-electron chi connectivity index (χ1n) is 10.6. The van der Waals surface area contributed by atoms with E-state index in [0.29, 0.717) is 12.3 Å². The van der Waals surface area contributed by atoms with Crippen LogP contribution in [-0.2, 0) is 11.2 Å². The first-order chi connectivity index (χ1) is 14.1. The molecule has 0 saturated carbocycles. The molecule has 29 heavy (non-hydrogen) atoms. The first kappa shape index (κ1) is 21.6. The number of carbonyl (C=O) groups is 1. The molecule has 158 valence electrons. The normalized spacial score (nSPS) is 14.8. The van der Waals surface area contributed by atoms with Gasteiger partial charge in [0, 0.05) is 50.1 Å². The average Bonchev–Trinajstić information content (AvgIpc) is 3.22. The number of benzene rings is 1. The van der Waals surface area contributed by atoms with E-state index in [0.717, 1.165) is 74.1 Å². The number of methoxy groups -OCH3 is 1. The molecule has 2 heterocycles. The highest BCUT2D eigenvalue weighted by atomic mass is 32.1. The molecule has 0 spiro atoms. The van der Waals surface area contributed by atoms with Gasteiger partial charge in [-0.1, -0.05) is 26.0 Å². The van der Waals surface area contributed by atoms with Gasteiger partial charge >= 0.3 is 0 Å². The van der Waals surface area contributed by atoms with Crippen LogP contribution >= 0.6 is 11.5 Å². The van der Waals surface area contributed by atoms with Crippen molar-refractivity contribution in [3.8, 4) is 5.75 Å². The summed E-state index contributed by atoms with van der Waals surface area (Å²) in [4.78, 5) is 21.9. The van der Waals surface area contributed by atoms with E-state index < -0.39 is 0 Å². The lowest BCUT2D eigenvalue weighted by molar-refractivity contribution is -0.136. The standard InChI is InChI=1S/C22H32N4O2S/c1-4-11-25(12-5-2)21(27)18-9-13-26(14-10-18)22-23-20(24-29-22)16-17-7-6-8-19(15-17)28-3/h6-8,15,18H,4-5,9-14,16H2,1-3H3. The van der Waals surface area contributed by atoms with Crippen molar-refractivity contribution in [3.05, 3.63) is 35.7 Å². The molecule has 6 nitrogen and oxygen atoms in total. The van der Waals surface area contributed by atoms with Gasteiger partial charge in [-0.15, -0.1) is 0 Å². The number of aromatic nitrogens is 2. The van der Waals surface area contributed by atoms with Gasteiger partial charge in [-0.2, -0.15) is 4.37 Å². The maximum absolute atomic E-state index is 12.9. The van der Waals surface area contributed by atoms with E-state index >= 15 is 0 Å². The van der Waals surface area contributed by atoms with Crippen molar-refractivity contribution in [2.45, 2.75) is 46.0 Å². The number of ether oxygens (including phenoxy) is 1. The van der Waals surface area contributed by atoms with Gasteiger partial charge in [-0.3, -0.25) is 4.79 Å². The maximum Gasteiger partial charge on any atom is 0.225 e. The van der Waals surface area contributed by atoms with Gasteiger partial charge in [0.1, 0.15) is 11.6 Å². The predicted octanol–water partition coefficient (Wildman–Crippen LogP) is 4.00. The van der Waals surface area contributed by atoms with Crippen molar-refractivity contribution >= 4 is 22.6 Å². The molecule has 0 N–H and O–H groups in total. The van der Waals surface area contributed by atoms with Gasteiger partial charge < -0.3 is 14.5 Å². The second-order valence-corrected chi connectivity index (χ2v) is 8.34. The largest absolute Gasteiger partial charge is 0.497 e. The predicted molar refractivity (Wildman–Crippen MR) is 118 cm³/mol. The second-order valence-electron chi connectivity index (χ2n) is 7.61. The van der Waals surface area contributed by atoms with Crippen LogP contribution in [0.3, 0.4) is 0 Å². The molecule has 2 aromatic rings. The molecule has 1 saturated heterocycles. The fourth-order valence-electron chi connectivity index (χ4n) is 3.86. The molecule has 1 fully saturated rings. The van der Waals surface area contributed by atoms with Crippen molar-refractivity contribution in [2.24, 2.45) is 5.92 Å². The zero-order valence-electron chi connectivity index (χ0n) is 17.8. The Labute approximate surface area is 178 Å². The Morgan fingerprint density at radius 3 is 2.62 bits per heavy atom. The van der Waals surface area contributed by atoms with Crippen molar-refractivity contribution in [3.63, 3.8) is 0 Å². The topological polar surface area (TPSA) is 58.6 Å². The number of hydrogen-bond donors (Lipinski definition) is 0. The molecule has 0 bridgehead atoms. The zero-order chi connectivity index (χ0) is 20.6. The molecule has 1 aliphatic rings. The summed E-state index contributed by atoms with van der Waals surface area (Å²) in [5, 5.41) is 0.966. The molecular formula is C22H32N4O2S. The summed E-state index contributed by atoms with van der Waals surface area (Å²) in [5.74, 6) is 2.18. The van der Waals surface area contributed by atoms with Crippen LogP contribution in [0.5, 0.6) is 5.75 Å². The molecule has 3 rings (SSSR count). The lowest BCUT2D eigenvalue weighted by Crippen LogP contribution is -2.43. The van der Waals surface area contributed by atoms with Crippen LogP contribution in [0.15, 0.2) is 24.3 Å². The molecule has 1 amide bonds. The van der Waals surface area contributed by atoms with Gasteiger partial charge in [-0.25, -0.2) is 4.98 Å². The number of piperidine rings is 1. The van der Waals surface area contributed by atoms with Gasteiger partial charge in [-0.05, 0) is 43.4 Å². The summed E-state index contributed by atoms with van der Waals surface area (Å²) in [7, 11) is 1.68. The van der Waals surface area contributed by atoms with Crippen LogP contribution in [0.1, 0.15) is 50.9 Å². The third-order valence-corrected chi connectivity index (χ3v) is 6.18. The minimum atomic E-state index is 0.147. The zero-order valence-corrected chi connectivity index (χ0v) is 18.6. The van der Waals surface area contributed by atoms with Crippen LogP contribution in [0, 0.1) is 5.92 Å². The summed E-state index contributed by atoms with van der Waals surface area (Å²) < 4.78 is 9.84. The Bertz CT molecular complexity index is 781. The number of carbonyl (C=O) groups excluding carboxylic acids is 1. The molecular weight excluding hydrogens is 384 g/mol. The summed E-state index contributed by atoms with van der Waals surface area (Å²) in [6, 6.07) is 8.02. The number of rotatable bonds is 9. The van der Waals surface area contributed by atoms with E-state index in [1.807, 2.05) is 18.2 Å². The summed E-state index contributed by atoms with van der Waals surface area (Å²) in [6.45, 7) is 7.76. The van der Waals surface area contributed by atoms with Gasteiger partial charge in [0.05, 0.1) is 7.11 Å². The molecule has 1 aromatic heterocycles. The van der Waals surface area contributed by atoms with Crippen LogP contribution in [0.2, 0.25) is 0 Å². The fourth-order valence-corrected chi connectivity index (χ4v) is 4.59.